The summed E-state index contributed by atoms with van der Waals surface area (Å²) in [5.74, 6) is 0.0567. The molecule has 0 fully saturated rings. The van der Waals surface area contributed by atoms with Crippen LogP contribution >= 0.6 is 12.4 Å². The SMILES string of the molecule is CCOCn1nnc(C(=N)N)c1N.Cl. The number of nitrogens with two attached hydrogens (primary N) is 2. The van der Waals surface area contributed by atoms with Crippen molar-refractivity contribution in [2.75, 3.05) is 12.3 Å². The maximum Gasteiger partial charge on any atom is 0.171 e. The quantitative estimate of drug-likeness (QED) is 0.470. The van der Waals surface area contributed by atoms with Crippen molar-refractivity contribution in [2.24, 2.45) is 5.73 Å². The molecule has 0 saturated carbocycles. The third kappa shape index (κ3) is 2.57. The molecule has 8 heteroatoms. The fourth-order valence-corrected chi connectivity index (χ4v) is 0.785. The fourth-order valence-electron chi connectivity index (χ4n) is 0.785. The molecule has 0 aliphatic carbocycles. The summed E-state index contributed by atoms with van der Waals surface area (Å²) in [6.45, 7) is 2.65. The highest BCUT2D eigenvalue weighted by atomic mass is 35.5. The van der Waals surface area contributed by atoms with Gasteiger partial charge in [-0.1, -0.05) is 5.21 Å². The zero-order valence-electron chi connectivity index (χ0n) is 7.73. The summed E-state index contributed by atoms with van der Waals surface area (Å²) in [6, 6.07) is 0. The number of nitrogens with zero attached hydrogens (tertiary/aromatic N) is 3. The van der Waals surface area contributed by atoms with Gasteiger partial charge in [0.05, 0.1) is 0 Å². The molecule has 0 unspecified atom stereocenters. The van der Waals surface area contributed by atoms with Gasteiger partial charge < -0.3 is 16.2 Å². The molecule has 14 heavy (non-hydrogen) atoms. The van der Waals surface area contributed by atoms with Crippen LogP contribution in [0.4, 0.5) is 5.82 Å². The number of hydrogen-bond donors (Lipinski definition) is 3. The van der Waals surface area contributed by atoms with E-state index in [1.807, 2.05) is 6.92 Å². The maximum atomic E-state index is 7.11. The normalized spacial score (nSPS) is 9.50. The number of amidine groups is 1. The molecule has 0 bridgehead atoms. The number of nitrogens with one attached hydrogen (secondary N) is 1. The van der Waals surface area contributed by atoms with Crippen LogP contribution in [0.1, 0.15) is 12.6 Å². The minimum atomic E-state index is -0.194. The van der Waals surface area contributed by atoms with Crippen molar-refractivity contribution in [3.63, 3.8) is 0 Å². The first-order valence-corrected chi connectivity index (χ1v) is 3.78. The van der Waals surface area contributed by atoms with Crippen LogP contribution in [0.2, 0.25) is 0 Å². The largest absolute Gasteiger partial charge is 0.382 e. The Morgan fingerprint density at radius 3 is 2.71 bits per heavy atom. The standard InChI is InChI=1S/C6H12N6O.ClH/c1-2-13-3-12-6(9)4(5(7)8)10-11-12;/h2-3,9H2,1H3,(H3,7,8);1H. The van der Waals surface area contributed by atoms with Gasteiger partial charge in [0.2, 0.25) is 0 Å². The van der Waals surface area contributed by atoms with Gasteiger partial charge in [0.1, 0.15) is 12.6 Å². The first kappa shape index (κ1) is 12.7. The number of ether oxygens (including phenoxy) is 1. The minimum absolute atomic E-state index is 0. The summed E-state index contributed by atoms with van der Waals surface area (Å²) < 4.78 is 6.41. The molecule has 0 saturated heterocycles. The van der Waals surface area contributed by atoms with Crippen LogP contribution in [-0.4, -0.2) is 27.4 Å². The lowest BCUT2D eigenvalue weighted by atomic mass is 10.4. The van der Waals surface area contributed by atoms with Crippen molar-refractivity contribution in [3.8, 4) is 0 Å². The molecule has 1 heterocycles. The molecule has 0 aliphatic rings. The van der Waals surface area contributed by atoms with Crippen molar-refractivity contribution in [2.45, 2.75) is 13.7 Å². The van der Waals surface area contributed by atoms with Crippen LogP contribution < -0.4 is 11.5 Å². The summed E-state index contributed by atoms with van der Waals surface area (Å²) >= 11 is 0. The molecule has 80 valence electrons. The highest BCUT2D eigenvalue weighted by Crippen LogP contribution is 2.05. The molecule has 0 aromatic carbocycles. The van der Waals surface area contributed by atoms with Crippen molar-refractivity contribution < 1.29 is 4.74 Å². The Bertz CT molecular complexity index is 311. The maximum absolute atomic E-state index is 7.11. The Morgan fingerprint density at radius 2 is 2.29 bits per heavy atom. The second kappa shape index (κ2) is 5.40. The Hall–Kier alpha value is -1.34. The average molecular weight is 221 g/mol. The van der Waals surface area contributed by atoms with E-state index >= 15 is 0 Å². The van der Waals surface area contributed by atoms with Crippen LogP contribution in [0.3, 0.4) is 0 Å². The van der Waals surface area contributed by atoms with Gasteiger partial charge in [0, 0.05) is 6.61 Å². The van der Waals surface area contributed by atoms with E-state index in [1.54, 1.807) is 0 Å². The third-order valence-electron chi connectivity index (χ3n) is 1.45. The van der Waals surface area contributed by atoms with Crippen molar-refractivity contribution in [3.05, 3.63) is 5.69 Å². The Balaban J connectivity index is 0.00000169. The van der Waals surface area contributed by atoms with E-state index in [4.69, 9.17) is 21.6 Å². The third-order valence-corrected chi connectivity index (χ3v) is 1.45. The number of hydrogen-bond acceptors (Lipinski definition) is 5. The first-order chi connectivity index (χ1) is 6.16. The smallest absolute Gasteiger partial charge is 0.171 e. The molecule has 0 spiro atoms. The van der Waals surface area contributed by atoms with Gasteiger partial charge in [-0.2, -0.15) is 0 Å². The summed E-state index contributed by atoms with van der Waals surface area (Å²) in [4.78, 5) is 0. The van der Waals surface area contributed by atoms with E-state index in [-0.39, 0.29) is 36.5 Å². The number of anilines is 1. The van der Waals surface area contributed by atoms with Crippen LogP contribution in [-0.2, 0) is 11.5 Å². The summed E-state index contributed by atoms with van der Waals surface area (Å²) in [5, 5.41) is 14.4. The van der Waals surface area contributed by atoms with Gasteiger partial charge in [0.15, 0.2) is 11.5 Å². The zero-order chi connectivity index (χ0) is 9.84. The van der Waals surface area contributed by atoms with Crippen molar-refractivity contribution in [1.29, 1.82) is 5.41 Å². The van der Waals surface area contributed by atoms with Gasteiger partial charge in [0.25, 0.3) is 0 Å². The second-order valence-corrected chi connectivity index (χ2v) is 2.36. The number of nitrogen functional groups attached to an aromatic ring is 2. The molecule has 0 atom stereocenters. The highest BCUT2D eigenvalue weighted by Gasteiger charge is 2.10. The van der Waals surface area contributed by atoms with E-state index in [0.29, 0.717) is 6.61 Å². The van der Waals surface area contributed by atoms with Gasteiger partial charge in [-0.15, -0.1) is 17.5 Å². The molecular formula is C6H13ClN6O. The lowest BCUT2D eigenvalue weighted by molar-refractivity contribution is 0.0794. The van der Waals surface area contributed by atoms with Gasteiger partial charge in [-0.25, -0.2) is 4.68 Å². The molecule has 0 amide bonds. The highest BCUT2D eigenvalue weighted by molar-refractivity contribution is 5.96. The second-order valence-electron chi connectivity index (χ2n) is 2.36. The lowest BCUT2D eigenvalue weighted by Gasteiger charge is -2.01. The fraction of sp³-hybridized carbons (Fsp3) is 0.500. The summed E-state index contributed by atoms with van der Waals surface area (Å²) in [7, 11) is 0. The number of halogens is 1. The molecular weight excluding hydrogens is 208 g/mol. The van der Waals surface area contributed by atoms with Crippen LogP contribution in [0.5, 0.6) is 0 Å². The Labute approximate surface area is 87.3 Å². The topological polar surface area (TPSA) is 116 Å². The Morgan fingerprint density at radius 1 is 1.64 bits per heavy atom. The monoisotopic (exact) mass is 220 g/mol. The van der Waals surface area contributed by atoms with E-state index < -0.39 is 0 Å². The molecule has 7 nitrogen and oxygen atoms in total. The molecule has 0 radical (unpaired) electrons. The molecule has 1 rings (SSSR count). The Kier molecular flexibility index (Phi) is 4.89. The van der Waals surface area contributed by atoms with Gasteiger partial charge in [-0.3, -0.25) is 5.41 Å². The van der Waals surface area contributed by atoms with Crippen LogP contribution in [0.25, 0.3) is 0 Å². The summed E-state index contributed by atoms with van der Waals surface area (Å²) in [6.07, 6.45) is 0. The van der Waals surface area contributed by atoms with Crippen LogP contribution in [0, 0.1) is 5.41 Å². The molecule has 1 aromatic heterocycles. The average Bonchev–Trinajstić information content (AvgIpc) is 2.43. The number of aromatic nitrogens is 3. The summed E-state index contributed by atoms with van der Waals surface area (Å²) in [5.41, 5.74) is 11.0. The van der Waals surface area contributed by atoms with E-state index in [0.717, 1.165) is 0 Å². The predicted molar refractivity (Wildman–Crippen MR) is 54.3 cm³/mol. The van der Waals surface area contributed by atoms with Gasteiger partial charge >= 0.3 is 0 Å². The minimum Gasteiger partial charge on any atom is -0.382 e. The van der Waals surface area contributed by atoms with Crippen LogP contribution in [0.15, 0.2) is 0 Å². The zero-order valence-corrected chi connectivity index (χ0v) is 8.54. The molecule has 5 N–H and O–H groups in total. The van der Waals surface area contributed by atoms with Gasteiger partial charge in [-0.05, 0) is 6.92 Å². The predicted octanol–water partition coefficient (Wildman–Crippen LogP) is -0.440. The molecule has 0 aliphatic heterocycles. The first-order valence-electron chi connectivity index (χ1n) is 3.78. The van der Waals surface area contributed by atoms with E-state index in [2.05, 4.69) is 10.3 Å². The van der Waals surface area contributed by atoms with E-state index in [9.17, 15) is 0 Å². The lowest BCUT2D eigenvalue weighted by Crippen LogP contribution is -2.15. The van der Waals surface area contributed by atoms with Crippen molar-refractivity contribution in [1.82, 2.24) is 15.0 Å². The number of rotatable bonds is 4. The van der Waals surface area contributed by atoms with Crippen molar-refractivity contribution >= 4 is 24.1 Å². The van der Waals surface area contributed by atoms with E-state index in [1.165, 1.54) is 4.68 Å². The molecule has 1 aromatic rings.